The quantitative estimate of drug-likeness (QED) is 0.734. The fourth-order valence-electron chi connectivity index (χ4n) is 4.00. The van der Waals surface area contributed by atoms with Gasteiger partial charge >= 0.3 is 0 Å². The number of aromatic nitrogens is 2. The van der Waals surface area contributed by atoms with Crippen molar-refractivity contribution in [3.05, 3.63) is 33.6 Å². The summed E-state index contributed by atoms with van der Waals surface area (Å²) in [6.45, 7) is 1.23. The minimum absolute atomic E-state index is 0.0631. The lowest BCUT2D eigenvalue weighted by Gasteiger charge is -2.28. The molecule has 0 unspecified atom stereocenters. The van der Waals surface area contributed by atoms with E-state index in [0.29, 0.717) is 30.2 Å². The Bertz CT molecular complexity index is 932. The van der Waals surface area contributed by atoms with Crippen LogP contribution in [0, 0.1) is 0 Å². The first kappa shape index (κ1) is 18.4. The molecule has 2 aromatic rings. The van der Waals surface area contributed by atoms with Gasteiger partial charge in [0, 0.05) is 25.6 Å². The standard InChI is InChI=1S/C19H23N3O6/c1-26-13-7-10(8-14(27-2)17(13)24)12-9-15(23)20-18-16(12)19(25)21-22(18)11-3-5-28-6-4-11/h7-8,11-12,24H,3-6,9H2,1-2H3,(H,20,23)(H,21,25)/t12-/m1/s1. The van der Waals surface area contributed by atoms with E-state index in [0.717, 1.165) is 12.8 Å². The number of methoxy groups -OCH3 is 2. The largest absolute Gasteiger partial charge is 0.502 e. The van der Waals surface area contributed by atoms with Gasteiger partial charge in [-0.25, -0.2) is 0 Å². The molecule has 4 rings (SSSR count). The molecule has 150 valence electrons. The minimum Gasteiger partial charge on any atom is -0.502 e. The number of carbonyl (C=O) groups excluding carboxylic acids is 1. The first-order chi connectivity index (χ1) is 13.5. The average molecular weight is 389 g/mol. The van der Waals surface area contributed by atoms with Crippen LogP contribution in [0.1, 0.15) is 42.3 Å². The highest BCUT2D eigenvalue weighted by Crippen LogP contribution is 2.43. The molecule has 9 heteroatoms. The third kappa shape index (κ3) is 3.01. The van der Waals surface area contributed by atoms with Crippen molar-refractivity contribution in [2.45, 2.75) is 31.2 Å². The maximum absolute atomic E-state index is 12.8. The van der Waals surface area contributed by atoms with Crippen molar-refractivity contribution in [1.82, 2.24) is 9.78 Å². The van der Waals surface area contributed by atoms with E-state index in [1.165, 1.54) is 14.2 Å². The van der Waals surface area contributed by atoms with Crippen LogP contribution in [0.2, 0.25) is 0 Å². The zero-order valence-electron chi connectivity index (χ0n) is 15.8. The summed E-state index contributed by atoms with van der Waals surface area (Å²) in [6.07, 6.45) is 1.64. The number of nitrogens with zero attached hydrogens (tertiary/aromatic N) is 1. The van der Waals surface area contributed by atoms with Crippen molar-refractivity contribution in [3.8, 4) is 17.2 Å². The molecule has 3 N–H and O–H groups in total. The first-order valence-electron chi connectivity index (χ1n) is 9.20. The number of carbonyl (C=O) groups is 1. The lowest BCUT2D eigenvalue weighted by Crippen LogP contribution is -2.28. The van der Waals surface area contributed by atoms with Gasteiger partial charge in [0.05, 0.1) is 25.8 Å². The zero-order valence-corrected chi connectivity index (χ0v) is 15.8. The summed E-state index contributed by atoms with van der Waals surface area (Å²) in [5.74, 6) is 0.178. The fourth-order valence-corrected chi connectivity index (χ4v) is 4.00. The molecule has 1 saturated heterocycles. The highest BCUT2D eigenvalue weighted by atomic mass is 16.5. The van der Waals surface area contributed by atoms with Crippen LogP contribution in [0.4, 0.5) is 5.82 Å². The number of aromatic amines is 1. The Hall–Kier alpha value is -2.94. The minimum atomic E-state index is -0.475. The summed E-state index contributed by atoms with van der Waals surface area (Å²) < 4.78 is 17.6. The topological polar surface area (TPSA) is 115 Å². The van der Waals surface area contributed by atoms with Gasteiger partial charge in [-0.2, -0.15) is 0 Å². The molecule has 0 saturated carbocycles. The van der Waals surface area contributed by atoms with Gasteiger partial charge in [-0.3, -0.25) is 19.4 Å². The number of phenols is 1. The van der Waals surface area contributed by atoms with Crippen LogP contribution < -0.4 is 20.3 Å². The van der Waals surface area contributed by atoms with Gasteiger partial charge in [0.1, 0.15) is 5.82 Å². The monoisotopic (exact) mass is 389 g/mol. The van der Waals surface area contributed by atoms with Crippen molar-refractivity contribution in [2.75, 3.05) is 32.8 Å². The lowest BCUT2D eigenvalue weighted by molar-refractivity contribution is -0.116. The van der Waals surface area contributed by atoms with E-state index in [1.54, 1.807) is 16.8 Å². The normalized spacial score (nSPS) is 19.8. The Kier molecular flexibility index (Phi) is 4.76. The van der Waals surface area contributed by atoms with Gasteiger partial charge in [-0.1, -0.05) is 0 Å². The van der Waals surface area contributed by atoms with Gasteiger partial charge in [-0.15, -0.1) is 0 Å². The van der Waals surface area contributed by atoms with Crippen molar-refractivity contribution in [1.29, 1.82) is 0 Å². The number of H-pyrrole nitrogens is 1. The van der Waals surface area contributed by atoms with E-state index in [1.807, 2.05) is 0 Å². The molecule has 2 aliphatic heterocycles. The molecular weight excluding hydrogens is 366 g/mol. The second-order valence-corrected chi connectivity index (χ2v) is 7.00. The van der Waals surface area contributed by atoms with Crippen molar-refractivity contribution >= 4 is 11.7 Å². The second kappa shape index (κ2) is 7.23. The summed E-state index contributed by atoms with van der Waals surface area (Å²) in [5.41, 5.74) is 0.927. The number of hydrogen-bond acceptors (Lipinski definition) is 6. The molecule has 1 aromatic carbocycles. The predicted molar refractivity (Wildman–Crippen MR) is 100 cm³/mol. The third-order valence-corrected chi connectivity index (χ3v) is 5.42. The number of benzene rings is 1. The molecule has 28 heavy (non-hydrogen) atoms. The van der Waals surface area contributed by atoms with E-state index in [-0.39, 0.29) is 41.2 Å². The summed E-state index contributed by atoms with van der Waals surface area (Å²) in [4.78, 5) is 25.3. The Morgan fingerprint density at radius 1 is 1.14 bits per heavy atom. The first-order valence-corrected chi connectivity index (χ1v) is 9.20. The average Bonchev–Trinajstić information content (AvgIpc) is 3.04. The molecule has 0 aliphatic carbocycles. The molecule has 3 heterocycles. The molecule has 0 radical (unpaired) electrons. The number of phenolic OH excluding ortho intramolecular Hbond substituents is 1. The van der Waals surface area contributed by atoms with E-state index >= 15 is 0 Å². The van der Waals surface area contributed by atoms with Gasteiger partial charge < -0.3 is 24.6 Å². The van der Waals surface area contributed by atoms with Crippen LogP contribution in [0.25, 0.3) is 0 Å². The predicted octanol–water partition coefficient (Wildman–Crippen LogP) is 1.72. The number of nitrogens with one attached hydrogen (secondary N) is 2. The third-order valence-electron chi connectivity index (χ3n) is 5.42. The number of anilines is 1. The highest BCUT2D eigenvalue weighted by molar-refractivity contribution is 5.94. The molecule has 1 fully saturated rings. The molecule has 0 bridgehead atoms. The van der Waals surface area contributed by atoms with Crippen LogP contribution in [0.3, 0.4) is 0 Å². The molecule has 0 spiro atoms. The molecule has 1 atom stereocenters. The van der Waals surface area contributed by atoms with E-state index in [2.05, 4.69) is 10.4 Å². The number of ether oxygens (including phenoxy) is 3. The summed E-state index contributed by atoms with van der Waals surface area (Å²) in [5, 5.41) is 15.9. The van der Waals surface area contributed by atoms with Gasteiger partial charge in [-0.05, 0) is 30.5 Å². The van der Waals surface area contributed by atoms with Gasteiger partial charge in [0.15, 0.2) is 11.5 Å². The molecule has 2 aliphatic rings. The number of hydrogen-bond donors (Lipinski definition) is 3. The van der Waals surface area contributed by atoms with Crippen LogP contribution in [0.5, 0.6) is 17.2 Å². The number of aromatic hydroxyl groups is 1. The summed E-state index contributed by atoms with van der Waals surface area (Å²) in [7, 11) is 2.87. The van der Waals surface area contributed by atoms with Crippen LogP contribution in [0.15, 0.2) is 16.9 Å². The second-order valence-electron chi connectivity index (χ2n) is 7.00. The molecule has 1 amide bonds. The van der Waals surface area contributed by atoms with Crippen LogP contribution in [-0.4, -0.2) is 48.2 Å². The molecule has 9 nitrogen and oxygen atoms in total. The molecular formula is C19H23N3O6. The number of fused-ring (bicyclic) bond motifs is 1. The Balaban J connectivity index is 1.83. The Morgan fingerprint density at radius 2 is 1.79 bits per heavy atom. The summed E-state index contributed by atoms with van der Waals surface area (Å²) in [6, 6.07) is 3.33. The molecule has 1 aromatic heterocycles. The van der Waals surface area contributed by atoms with Crippen LogP contribution in [-0.2, 0) is 9.53 Å². The summed E-state index contributed by atoms with van der Waals surface area (Å²) >= 11 is 0. The SMILES string of the molecule is COc1cc([C@H]2CC(=O)Nc3c2c(=O)[nH]n3C2CCOCC2)cc(OC)c1O. The van der Waals surface area contributed by atoms with E-state index < -0.39 is 5.92 Å². The highest BCUT2D eigenvalue weighted by Gasteiger charge is 2.35. The van der Waals surface area contributed by atoms with Gasteiger partial charge in [0.25, 0.3) is 5.56 Å². The smallest absolute Gasteiger partial charge is 0.270 e. The van der Waals surface area contributed by atoms with Crippen molar-refractivity contribution in [2.24, 2.45) is 0 Å². The van der Waals surface area contributed by atoms with E-state index in [4.69, 9.17) is 14.2 Å². The van der Waals surface area contributed by atoms with E-state index in [9.17, 15) is 14.7 Å². The van der Waals surface area contributed by atoms with Crippen molar-refractivity contribution in [3.63, 3.8) is 0 Å². The number of amides is 1. The van der Waals surface area contributed by atoms with Crippen LogP contribution >= 0.6 is 0 Å². The zero-order chi connectivity index (χ0) is 19.8. The fraction of sp³-hybridized carbons (Fsp3) is 0.474. The Morgan fingerprint density at radius 3 is 2.39 bits per heavy atom. The van der Waals surface area contributed by atoms with Gasteiger partial charge in [0.2, 0.25) is 11.7 Å². The number of rotatable bonds is 4. The Labute approximate surface area is 161 Å². The lowest BCUT2D eigenvalue weighted by atomic mass is 9.86. The van der Waals surface area contributed by atoms with Crippen molar-refractivity contribution < 1.29 is 24.1 Å². The maximum Gasteiger partial charge on any atom is 0.270 e. The maximum atomic E-state index is 12.8.